The Kier molecular flexibility index (Phi) is 13.7. The molecule has 0 spiro atoms. The Morgan fingerprint density at radius 1 is 1.40 bits per heavy atom. The van der Waals surface area contributed by atoms with Gasteiger partial charge in [0.1, 0.15) is 0 Å². The molecule has 0 aromatic heterocycles. The molecule has 0 aromatic carbocycles. The van der Waals surface area contributed by atoms with Gasteiger partial charge in [0, 0.05) is 20.5 Å². The van der Waals surface area contributed by atoms with Crippen molar-refractivity contribution in [2.45, 2.75) is 35.1 Å². The summed E-state index contributed by atoms with van der Waals surface area (Å²) in [6, 6.07) is 0. The molecule has 0 N–H and O–H groups in total. The fourth-order valence-electron chi connectivity index (χ4n) is 0.493. The number of hydrogen-bond acceptors (Lipinski definition) is 1. The minimum absolute atomic E-state index is 0. The van der Waals surface area contributed by atoms with Crippen LogP contribution < -0.4 is 0 Å². The number of carbonyl (C=O) groups excluding carboxylic acids is 1. The number of carbonyl (C=O) groups is 1. The molecule has 0 saturated carbocycles. The first-order chi connectivity index (χ1) is 3.68. The standard InChI is InChI=1S/C6H13NO.2CH4/c1-4-5-7(3)6(2)8;;/h4-5H2,1-3H3;2*1H4. The van der Waals surface area contributed by atoms with E-state index >= 15 is 0 Å². The number of nitrogens with zero attached hydrogens (tertiary/aromatic N) is 1. The Bertz CT molecular complexity index is 81.3. The molecular weight excluding hydrogens is 126 g/mol. The second kappa shape index (κ2) is 8.47. The van der Waals surface area contributed by atoms with Gasteiger partial charge in [-0.05, 0) is 6.42 Å². The molecule has 2 nitrogen and oxygen atoms in total. The van der Waals surface area contributed by atoms with Crippen molar-refractivity contribution in [2.24, 2.45) is 0 Å². The van der Waals surface area contributed by atoms with Crippen molar-refractivity contribution in [1.82, 2.24) is 4.90 Å². The minimum Gasteiger partial charge on any atom is -0.346 e. The molecule has 0 heterocycles. The molecule has 0 fully saturated rings. The van der Waals surface area contributed by atoms with Crippen LogP contribution in [0.2, 0.25) is 0 Å². The van der Waals surface area contributed by atoms with Gasteiger partial charge in [-0.15, -0.1) is 0 Å². The normalized spacial score (nSPS) is 7.10. The van der Waals surface area contributed by atoms with Gasteiger partial charge >= 0.3 is 0 Å². The molecule has 0 aliphatic rings. The van der Waals surface area contributed by atoms with Gasteiger partial charge in [-0.3, -0.25) is 4.79 Å². The van der Waals surface area contributed by atoms with Crippen LogP contribution in [0.5, 0.6) is 0 Å². The van der Waals surface area contributed by atoms with Crippen LogP contribution in [0.1, 0.15) is 35.1 Å². The van der Waals surface area contributed by atoms with Gasteiger partial charge in [0.05, 0.1) is 0 Å². The zero-order chi connectivity index (χ0) is 6.57. The molecule has 1 amide bonds. The predicted octanol–water partition coefficient (Wildman–Crippen LogP) is 2.15. The van der Waals surface area contributed by atoms with Gasteiger partial charge < -0.3 is 4.90 Å². The summed E-state index contributed by atoms with van der Waals surface area (Å²) in [7, 11) is 1.81. The Labute approximate surface area is 65.2 Å². The van der Waals surface area contributed by atoms with E-state index in [1.165, 1.54) is 0 Å². The lowest BCUT2D eigenvalue weighted by molar-refractivity contribution is -0.127. The fraction of sp³-hybridized carbons (Fsp3) is 0.875. The topological polar surface area (TPSA) is 20.3 Å². The van der Waals surface area contributed by atoms with Crippen LogP contribution in [0.3, 0.4) is 0 Å². The average molecular weight is 147 g/mol. The quantitative estimate of drug-likeness (QED) is 0.586. The van der Waals surface area contributed by atoms with Crippen LogP contribution >= 0.6 is 0 Å². The lowest BCUT2D eigenvalue weighted by Gasteiger charge is -2.11. The van der Waals surface area contributed by atoms with Gasteiger partial charge in [0.15, 0.2) is 0 Å². The van der Waals surface area contributed by atoms with Gasteiger partial charge in [-0.25, -0.2) is 0 Å². The number of rotatable bonds is 2. The SMILES string of the molecule is C.C.CCCN(C)C(C)=O. The highest BCUT2D eigenvalue weighted by molar-refractivity contribution is 5.72. The van der Waals surface area contributed by atoms with Crippen molar-refractivity contribution < 1.29 is 4.79 Å². The van der Waals surface area contributed by atoms with Crippen LogP contribution in [0.15, 0.2) is 0 Å². The predicted molar refractivity (Wildman–Crippen MR) is 47.1 cm³/mol. The molecule has 64 valence electrons. The zero-order valence-corrected chi connectivity index (χ0v) is 5.77. The molecular formula is C8H21NO. The van der Waals surface area contributed by atoms with E-state index in [1.807, 2.05) is 7.05 Å². The number of amides is 1. The van der Waals surface area contributed by atoms with E-state index in [0.717, 1.165) is 13.0 Å². The largest absolute Gasteiger partial charge is 0.346 e. The average Bonchev–Trinajstić information content (AvgIpc) is 1.67. The molecule has 10 heavy (non-hydrogen) atoms. The Morgan fingerprint density at radius 2 is 1.80 bits per heavy atom. The highest BCUT2D eigenvalue weighted by Crippen LogP contribution is 1.84. The lowest BCUT2D eigenvalue weighted by atomic mass is 10.4. The fourth-order valence-corrected chi connectivity index (χ4v) is 0.493. The summed E-state index contributed by atoms with van der Waals surface area (Å²) < 4.78 is 0. The Hall–Kier alpha value is -0.530. The summed E-state index contributed by atoms with van der Waals surface area (Å²) in [5.74, 6) is 0.145. The van der Waals surface area contributed by atoms with E-state index < -0.39 is 0 Å². The second-order valence-electron chi connectivity index (χ2n) is 1.94. The maximum atomic E-state index is 10.5. The van der Waals surface area contributed by atoms with Crippen molar-refractivity contribution in [1.29, 1.82) is 0 Å². The first kappa shape index (κ1) is 16.2. The third-order valence-corrected chi connectivity index (χ3v) is 1.10. The third-order valence-electron chi connectivity index (χ3n) is 1.10. The smallest absolute Gasteiger partial charge is 0.219 e. The summed E-state index contributed by atoms with van der Waals surface area (Å²) >= 11 is 0. The van der Waals surface area contributed by atoms with Gasteiger partial charge in [0.2, 0.25) is 5.91 Å². The van der Waals surface area contributed by atoms with Crippen molar-refractivity contribution in [3.8, 4) is 0 Å². The molecule has 0 bridgehead atoms. The summed E-state index contributed by atoms with van der Waals surface area (Å²) in [6.07, 6.45) is 1.04. The second-order valence-corrected chi connectivity index (χ2v) is 1.94. The summed E-state index contributed by atoms with van der Waals surface area (Å²) in [5.41, 5.74) is 0. The Balaban J connectivity index is -0.000000245. The van der Waals surface area contributed by atoms with Crippen molar-refractivity contribution in [3.05, 3.63) is 0 Å². The van der Waals surface area contributed by atoms with E-state index in [2.05, 4.69) is 6.92 Å². The van der Waals surface area contributed by atoms with Crippen LogP contribution in [0.4, 0.5) is 0 Å². The first-order valence-electron chi connectivity index (χ1n) is 2.90. The molecule has 0 saturated heterocycles. The molecule has 0 rings (SSSR count). The molecule has 0 aromatic rings. The first-order valence-corrected chi connectivity index (χ1v) is 2.90. The van der Waals surface area contributed by atoms with E-state index in [1.54, 1.807) is 11.8 Å². The monoisotopic (exact) mass is 147 g/mol. The summed E-state index contributed by atoms with van der Waals surface area (Å²) in [5, 5.41) is 0. The van der Waals surface area contributed by atoms with Gasteiger partial charge in [0.25, 0.3) is 0 Å². The molecule has 2 heteroatoms. The molecule has 0 atom stereocenters. The summed E-state index contributed by atoms with van der Waals surface area (Å²) in [6.45, 7) is 4.50. The van der Waals surface area contributed by atoms with Crippen molar-refractivity contribution >= 4 is 5.91 Å². The van der Waals surface area contributed by atoms with Crippen LogP contribution in [0.25, 0.3) is 0 Å². The van der Waals surface area contributed by atoms with Crippen LogP contribution in [0, 0.1) is 0 Å². The molecule has 0 aliphatic carbocycles. The molecule has 0 radical (unpaired) electrons. The zero-order valence-electron chi connectivity index (χ0n) is 5.77. The molecule has 0 aliphatic heterocycles. The van der Waals surface area contributed by atoms with E-state index in [9.17, 15) is 4.79 Å². The lowest BCUT2D eigenvalue weighted by Crippen LogP contribution is -2.24. The van der Waals surface area contributed by atoms with Crippen LogP contribution in [-0.4, -0.2) is 24.4 Å². The highest BCUT2D eigenvalue weighted by atomic mass is 16.2. The summed E-state index contributed by atoms with van der Waals surface area (Å²) in [4.78, 5) is 12.2. The maximum Gasteiger partial charge on any atom is 0.219 e. The van der Waals surface area contributed by atoms with E-state index in [4.69, 9.17) is 0 Å². The van der Waals surface area contributed by atoms with Gasteiger partial charge in [-0.2, -0.15) is 0 Å². The minimum atomic E-state index is 0. The van der Waals surface area contributed by atoms with Crippen molar-refractivity contribution in [2.75, 3.05) is 13.6 Å². The molecule has 0 unspecified atom stereocenters. The maximum absolute atomic E-state index is 10.5. The van der Waals surface area contributed by atoms with E-state index in [0.29, 0.717) is 0 Å². The highest BCUT2D eigenvalue weighted by Gasteiger charge is 1.96. The Morgan fingerprint density at radius 3 is 1.90 bits per heavy atom. The third kappa shape index (κ3) is 7.47. The van der Waals surface area contributed by atoms with Crippen molar-refractivity contribution in [3.63, 3.8) is 0 Å². The van der Waals surface area contributed by atoms with Crippen LogP contribution in [-0.2, 0) is 4.79 Å². The van der Waals surface area contributed by atoms with Gasteiger partial charge in [-0.1, -0.05) is 21.8 Å². The van der Waals surface area contributed by atoms with E-state index in [-0.39, 0.29) is 20.8 Å². The number of hydrogen-bond donors (Lipinski definition) is 0.